The Morgan fingerprint density at radius 1 is 0.227 bits per heavy atom. The zero-order chi connectivity index (χ0) is 16.1. The largest absolute Gasteiger partial charge is 0.0988 e. The van der Waals surface area contributed by atoms with Crippen LogP contribution in [0.4, 0.5) is 0 Å². The van der Waals surface area contributed by atoms with Gasteiger partial charge < -0.3 is 0 Å². The summed E-state index contributed by atoms with van der Waals surface area (Å²) in [5.41, 5.74) is 0. The minimum absolute atomic E-state index is 1.48. The van der Waals surface area contributed by atoms with Crippen LogP contribution in [0.3, 0.4) is 0 Å². The molecule has 0 N–H and O–H groups in total. The maximum atomic E-state index is 4.05. The third-order valence-electron chi connectivity index (χ3n) is 0.533. The molecule has 0 radical (unpaired) electrons. The Balaban J connectivity index is 2.91. The Morgan fingerprint density at radius 2 is 0.364 bits per heavy atom. The molecule has 0 aromatic carbocycles. The highest BCUT2D eigenvalue weighted by Crippen LogP contribution is 2.65. The van der Waals surface area contributed by atoms with Crippen LogP contribution in [0.2, 0.25) is 0 Å². The summed E-state index contributed by atoms with van der Waals surface area (Å²) in [7, 11) is 35.0. The molecule has 0 bridgehead atoms. The molecule has 0 atom stereocenters. The topological polar surface area (TPSA) is 0 Å². The Labute approximate surface area is 215 Å². The van der Waals surface area contributed by atoms with Crippen LogP contribution in [0, 0.1) is 0 Å². The van der Waals surface area contributed by atoms with Crippen LogP contribution in [-0.2, 0) is 0 Å². The molecule has 134 valence electrons. The van der Waals surface area contributed by atoms with E-state index in [0.717, 1.165) is 0 Å². The van der Waals surface area contributed by atoms with Crippen molar-refractivity contribution >= 4 is 220 Å². The fourth-order valence-electron chi connectivity index (χ4n) is 0.206. The monoisotopic (exact) mass is 705 g/mol. The standard InChI is InChI=1S/H2S22/c1-3-5-7-9-11-13-15-17-19-21-22-20-18-16-14-12-10-8-6-4-2/h1-2H. The highest BCUT2D eigenvalue weighted by molar-refractivity contribution is 9.59. The van der Waals surface area contributed by atoms with Crippen molar-refractivity contribution in [1.82, 2.24) is 0 Å². The maximum absolute atomic E-state index is 4.05. The number of hydrogen-bond acceptors (Lipinski definition) is 22. The zero-order valence-corrected chi connectivity index (χ0v) is 27.2. The summed E-state index contributed by atoms with van der Waals surface area (Å²) in [4.78, 5) is 0. The maximum Gasteiger partial charge on any atom is 0 e. The van der Waals surface area contributed by atoms with E-state index in [1.165, 1.54) is 19.7 Å². The first-order valence-electron chi connectivity index (χ1n) is 3.53. The Hall–Kier alpha value is 7.70. The van der Waals surface area contributed by atoms with E-state index < -0.39 is 0 Å². The van der Waals surface area contributed by atoms with Crippen molar-refractivity contribution in [2.75, 3.05) is 0 Å². The van der Waals surface area contributed by atoms with Gasteiger partial charge in [-0.25, -0.2) is 0 Å². The Morgan fingerprint density at radius 3 is 0.500 bits per heavy atom. The third kappa shape index (κ3) is 27.7. The quantitative estimate of drug-likeness (QED) is 0.0742. The van der Waals surface area contributed by atoms with Gasteiger partial charge in [0.05, 0.1) is 0 Å². The van der Waals surface area contributed by atoms with Gasteiger partial charge in [0.15, 0.2) is 0 Å². The first-order valence-corrected chi connectivity index (χ1v) is 31.8. The van der Waals surface area contributed by atoms with Crippen molar-refractivity contribution < 1.29 is 0 Å². The van der Waals surface area contributed by atoms with Crippen LogP contribution in [0.15, 0.2) is 0 Å². The summed E-state index contributed by atoms with van der Waals surface area (Å²) >= 11 is 8.11. The molecule has 0 aromatic rings. The molecule has 0 aliphatic carbocycles. The number of hydrogen-bond donors (Lipinski definition) is 2. The molecule has 22 heteroatoms. The predicted octanol–water partition coefficient (Wildman–Crippen LogP) is 13.7. The van der Waals surface area contributed by atoms with Crippen molar-refractivity contribution in [3.8, 4) is 0 Å². The van der Waals surface area contributed by atoms with Crippen molar-refractivity contribution in [1.29, 1.82) is 0 Å². The van der Waals surface area contributed by atoms with Gasteiger partial charge in [-0.05, 0) is 157 Å². The van der Waals surface area contributed by atoms with Gasteiger partial charge >= 0.3 is 0 Å². The minimum Gasteiger partial charge on any atom is -0.0988 e. The van der Waals surface area contributed by atoms with E-state index in [9.17, 15) is 0 Å². The molecule has 0 aliphatic heterocycles. The molecule has 0 fully saturated rings. The van der Waals surface area contributed by atoms with Gasteiger partial charge in [-0.15, -0.1) is 0 Å². The van der Waals surface area contributed by atoms with Crippen molar-refractivity contribution in [2.45, 2.75) is 0 Å². The molecule has 0 nitrogen and oxygen atoms in total. The van der Waals surface area contributed by atoms with Crippen LogP contribution in [0.25, 0.3) is 0 Å². The molecule has 0 rings (SSSR count). The first-order chi connectivity index (χ1) is 10.9. The van der Waals surface area contributed by atoms with Gasteiger partial charge in [0, 0.05) is 39.3 Å². The summed E-state index contributed by atoms with van der Waals surface area (Å²) in [6.45, 7) is 0. The summed E-state index contributed by atoms with van der Waals surface area (Å²) in [6.07, 6.45) is 0. The van der Waals surface area contributed by atoms with Crippen molar-refractivity contribution in [3.05, 3.63) is 0 Å². The fraction of sp³-hybridized carbons (Fsp3) is 0. The highest BCUT2D eigenvalue weighted by atomic mass is 34.1. The average Bonchev–Trinajstić information content (AvgIpc) is 2.54. The second-order valence-electron chi connectivity index (χ2n) is 1.37. The summed E-state index contributed by atoms with van der Waals surface area (Å²) in [5.74, 6) is 0. The average molecular weight is 707 g/mol. The van der Waals surface area contributed by atoms with E-state index in [1.54, 1.807) is 118 Å². The third-order valence-corrected chi connectivity index (χ3v) is 43.2. The van der Waals surface area contributed by atoms with Crippen molar-refractivity contribution in [3.63, 3.8) is 0 Å². The van der Waals surface area contributed by atoms with E-state index in [0.29, 0.717) is 0 Å². The van der Waals surface area contributed by atoms with E-state index in [-0.39, 0.29) is 0 Å². The van der Waals surface area contributed by atoms with E-state index in [2.05, 4.69) is 23.3 Å². The minimum atomic E-state index is 1.48. The van der Waals surface area contributed by atoms with Crippen LogP contribution in [-0.4, -0.2) is 0 Å². The normalized spacial score (nSPS) is 11.2. The number of rotatable bonds is 19. The lowest BCUT2D eigenvalue weighted by atomic mass is 30.1. The molecule has 0 unspecified atom stereocenters. The molecule has 0 aromatic heterocycles. The molecule has 0 saturated heterocycles. The molecule has 0 aliphatic rings. The summed E-state index contributed by atoms with van der Waals surface area (Å²) in [6, 6.07) is 0. The fourth-order valence-corrected chi connectivity index (χ4v) is 50.1. The van der Waals surface area contributed by atoms with Gasteiger partial charge in [-0.1, -0.05) is 23.3 Å². The lowest BCUT2D eigenvalue weighted by Crippen LogP contribution is -1.33. The molecule has 0 spiro atoms. The van der Waals surface area contributed by atoms with Gasteiger partial charge in [0.2, 0.25) is 0 Å². The molecular formula is H2S22. The predicted molar refractivity (Wildman–Crippen MR) is 170 cm³/mol. The molecular weight excluding hydrogens is 705 g/mol. The van der Waals surface area contributed by atoms with Gasteiger partial charge in [0.25, 0.3) is 0 Å². The van der Waals surface area contributed by atoms with Crippen LogP contribution in [0.1, 0.15) is 0 Å². The highest BCUT2D eigenvalue weighted by Gasteiger charge is 2.00. The lowest BCUT2D eigenvalue weighted by Gasteiger charge is -1.98. The van der Waals surface area contributed by atoms with Gasteiger partial charge in [0.1, 0.15) is 0 Å². The van der Waals surface area contributed by atoms with Gasteiger partial charge in [-0.2, -0.15) is 0 Å². The summed E-state index contributed by atoms with van der Waals surface area (Å²) in [5, 5.41) is 0. The second kappa shape index (κ2) is 28.7. The second-order valence-corrected chi connectivity index (χ2v) is 37.1. The molecule has 0 amide bonds. The number of thiol groups is 2. The van der Waals surface area contributed by atoms with Crippen LogP contribution in [0.5, 0.6) is 0 Å². The summed E-state index contributed by atoms with van der Waals surface area (Å²) < 4.78 is 0. The zero-order valence-electron chi connectivity index (χ0n) is 9.06. The SMILES string of the molecule is SSSSSSSSSSSSSSSSSSSSSS. The molecule has 22 heavy (non-hydrogen) atoms. The smallest absolute Gasteiger partial charge is 0 e. The van der Waals surface area contributed by atoms with Gasteiger partial charge in [-0.3, -0.25) is 0 Å². The Kier molecular flexibility index (Phi) is 38.7. The van der Waals surface area contributed by atoms with E-state index in [1.807, 2.05) is 59.0 Å². The van der Waals surface area contributed by atoms with Crippen LogP contribution >= 0.6 is 220 Å². The van der Waals surface area contributed by atoms with E-state index >= 15 is 0 Å². The lowest BCUT2D eigenvalue weighted by molar-refractivity contribution is 5.61. The van der Waals surface area contributed by atoms with E-state index in [4.69, 9.17) is 0 Å². The first kappa shape index (κ1) is 29.7. The van der Waals surface area contributed by atoms with Crippen molar-refractivity contribution in [2.24, 2.45) is 0 Å². The molecule has 0 saturated carbocycles. The van der Waals surface area contributed by atoms with Crippen LogP contribution < -0.4 is 0 Å². The molecule has 0 heterocycles. The Bertz CT molecular complexity index is 153.